The van der Waals surface area contributed by atoms with Crippen LogP contribution in [-0.4, -0.2) is 65.3 Å². The summed E-state index contributed by atoms with van der Waals surface area (Å²) in [6.45, 7) is 2.90. The molecule has 26 heavy (non-hydrogen) atoms. The SMILES string of the molecule is O=C(CN1CCN(C(=O)/C=C/c2ccc([N+](=O)[O-])cc2)CC1)NC1CC1. The molecule has 1 saturated carbocycles. The Balaban J connectivity index is 1.44. The van der Waals surface area contributed by atoms with E-state index in [1.54, 1.807) is 23.1 Å². The minimum absolute atomic E-state index is 0.0234. The topological polar surface area (TPSA) is 95.8 Å². The van der Waals surface area contributed by atoms with Crippen molar-refractivity contribution in [2.45, 2.75) is 18.9 Å². The molecule has 2 amide bonds. The summed E-state index contributed by atoms with van der Waals surface area (Å²) in [5.74, 6) is -0.0317. The Labute approximate surface area is 151 Å². The molecule has 2 fully saturated rings. The number of hydrogen-bond donors (Lipinski definition) is 1. The number of piperazine rings is 1. The van der Waals surface area contributed by atoms with Crippen LogP contribution in [0.2, 0.25) is 0 Å². The lowest BCUT2D eigenvalue weighted by Crippen LogP contribution is -2.51. The molecule has 2 aliphatic rings. The normalized spacial score (nSPS) is 18.1. The van der Waals surface area contributed by atoms with E-state index in [2.05, 4.69) is 10.2 Å². The summed E-state index contributed by atoms with van der Waals surface area (Å²) >= 11 is 0. The predicted molar refractivity (Wildman–Crippen MR) is 96.3 cm³/mol. The van der Waals surface area contributed by atoms with E-state index in [4.69, 9.17) is 0 Å². The van der Waals surface area contributed by atoms with E-state index >= 15 is 0 Å². The molecule has 1 aliphatic carbocycles. The second-order valence-corrected chi connectivity index (χ2v) is 6.63. The molecule has 8 nitrogen and oxygen atoms in total. The fraction of sp³-hybridized carbons (Fsp3) is 0.444. The van der Waals surface area contributed by atoms with Crippen molar-refractivity contribution in [1.82, 2.24) is 15.1 Å². The molecule has 1 aliphatic heterocycles. The molecule has 0 spiro atoms. The smallest absolute Gasteiger partial charge is 0.269 e. The van der Waals surface area contributed by atoms with Crippen LogP contribution in [0.15, 0.2) is 30.3 Å². The maximum atomic E-state index is 12.3. The van der Waals surface area contributed by atoms with Gasteiger partial charge in [0, 0.05) is 50.4 Å². The summed E-state index contributed by atoms with van der Waals surface area (Å²) in [7, 11) is 0. The van der Waals surface area contributed by atoms with Gasteiger partial charge in [-0.15, -0.1) is 0 Å². The van der Waals surface area contributed by atoms with Gasteiger partial charge in [0.25, 0.3) is 5.69 Å². The first kappa shape index (κ1) is 18.1. The maximum Gasteiger partial charge on any atom is 0.269 e. The number of hydrogen-bond acceptors (Lipinski definition) is 5. The van der Waals surface area contributed by atoms with E-state index in [0.717, 1.165) is 18.4 Å². The van der Waals surface area contributed by atoms with E-state index in [1.807, 2.05) is 0 Å². The summed E-state index contributed by atoms with van der Waals surface area (Å²) in [4.78, 5) is 38.1. The van der Waals surface area contributed by atoms with Gasteiger partial charge < -0.3 is 10.2 Å². The van der Waals surface area contributed by atoms with Gasteiger partial charge in [-0.25, -0.2) is 0 Å². The number of non-ortho nitro benzene ring substituents is 1. The van der Waals surface area contributed by atoms with Gasteiger partial charge in [-0.05, 0) is 36.6 Å². The molecule has 8 heteroatoms. The van der Waals surface area contributed by atoms with Gasteiger partial charge in [0.1, 0.15) is 0 Å². The first-order valence-corrected chi connectivity index (χ1v) is 8.74. The molecule has 1 aromatic carbocycles. The highest BCUT2D eigenvalue weighted by atomic mass is 16.6. The minimum Gasteiger partial charge on any atom is -0.352 e. The van der Waals surface area contributed by atoms with E-state index in [9.17, 15) is 19.7 Å². The molecule has 3 rings (SSSR count). The molecule has 1 aromatic rings. The highest BCUT2D eigenvalue weighted by molar-refractivity contribution is 5.91. The Morgan fingerprint density at radius 3 is 2.38 bits per heavy atom. The van der Waals surface area contributed by atoms with Gasteiger partial charge in [-0.3, -0.25) is 24.6 Å². The molecule has 0 atom stereocenters. The second kappa shape index (κ2) is 8.09. The fourth-order valence-electron chi connectivity index (χ4n) is 2.81. The first-order valence-electron chi connectivity index (χ1n) is 8.74. The van der Waals surface area contributed by atoms with Gasteiger partial charge in [-0.1, -0.05) is 0 Å². The van der Waals surface area contributed by atoms with Crippen LogP contribution in [0.4, 0.5) is 5.69 Å². The molecular weight excluding hydrogens is 336 g/mol. The third kappa shape index (κ3) is 5.13. The van der Waals surface area contributed by atoms with Crippen LogP contribution in [0.1, 0.15) is 18.4 Å². The number of nitrogens with zero attached hydrogens (tertiary/aromatic N) is 3. The molecule has 0 unspecified atom stereocenters. The van der Waals surface area contributed by atoms with Gasteiger partial charge in [0.15, 0.2) is 0 Å². The molecule has 1 saturated heterocycles. The van der Waals surface area contributed by atoms with E-state index in [0.29, 0.717) is 38.8 Å². The minimum atomic E-state index is -0.455. The molecular formula is C18H22N4O4. The number of carbonyl (C=O) groups excluding carboxylic acids is 2. The first-order chi connectivity index (χ1) is 12.5. The van der Waals surface area contributed by atoms with Gasteiger partial charge in [-0.2, -0.15) is 0 Å². The van der Waals surface area contributed by atoms with Crippen LogP contribution in [0.25, 0.3) is 6.08 Å². The van der Waals surface area contributed by atoms with Crippen LogP contribution in [0, 0.1) is 10.1 Å². The van der Waals surface area contributed by atoms with Crippen molar-refractivity contribution in [2.24, 2.45) is 0 Å². The Morgan fingerprint density at radius 1 is 1.15 bits per heavy atom. The Hall–Kier alpha value is -2.74. The lowest BCUT2D eigenvalue weighted by atomic mass is 10.2. The van der Waals surface area contributed by atoms with Crippen molar-refractivity contribution in [3.8, 4) is 0 Å². The fourth-order valence-corrected chi connectivity index (χ4v) is 2.81. The van der Waals surface area contributed by atoms with Crippen LogP contribution in [-0.2, 0) is 9.59 Å². The van der Waals surface area contributed by atoms with Gasteiger partial charge >= 0.3 is 0 Å². The zero-order valence-corrected chi connectivity index (χ0v) is 14.5. The van der Waals surface area contributed by atoms with Crippen LogP contribution < -0.4 is 5.32 Å². The highest BCUT2D eigenvalue weighted by Gasteiger charge is 2.25. The zero-order valence-electron chi connectivity index (χ0n) is 14.5. The average Bonchev–Trinajstić information content (AvgIpc) is 3.44. The average molecular weight is 358 g/mol. The molecule has 0 aromatic heterocycles. The molecule has 1 N–H and O–H groups in total. The van der Waals surface area contributed by atoms with Crippen molar-refractivity contribution in [3.05, 3.63) is 46.0 Å². The number of rotatable bonds is 6. The standard InChI is InChI=1S/C18H22N4O4/c23-17(19-15-4-5-15)13-20-9-11-21(12-10-20)18(24)8-3-14-1-6-16(7-2-14)22(25)26/h1-3,6-8,15H,4-5,9-13H2,(H,19,23)/b8-3+. The molecule has 0 radical (unpaired) electrons. The van der Waals surface area contributed by atoms with Crippen molar-refractivity contribution in [2.75, 3.05) is 32.7 Å². The van der Waals surface area contributed by atoms with E-state index in [-0.39, 0.29) is 17.5 Å². The Morgan fingerprint density at radius 2 is 1.81 bits per heavy atom. The molecule has 0 bridgehead atoms. The second-order valence-electron chi connectivity index (χ2n) is 6.63. The van der Waals surface area contributed by atoms with Crippen LogP contribution in [0.5, 0.6) is 0 Å². The van der Waals surface area contributed by atoms with Gasteiger partial charge in [0.2, 0.25) is 11.8 Å². The Kier molecular flexibility index (Phi) is 5.62. The summed E-state index contributed by atoms with van der Waals surface area (Å²) in [5, 5.41) is 13.6. The predicted octanol–water partition coefficient (Wildman–Crippen LogP) is 1.03. The lowest BCUT2D eigenvalue weighted by Gasteiger charge is -2.33. The summed E-state index contributed by atoms with van der Waals surface area (Å²) in [6.07, 6.45) is 5.29. The number of carbonyl (C=O) groups is 2. The molecule has 138 valence electrons. The Bertz CT molecular complexity index is 704. The number of nitro benzene ring substituents is 1. The lowest BCUT2D eigenvalue weighted by molar-refractivity contribution is -0.384. The van der Waals surface area contributed by atoms with Crippen molar-refractivity contribution in [1.29, 1.82) is 0 Å². The van der Waals surface area contributed by atoms with Crippen molar-refractivity contribution < 1.29 is 14.5 Å². The number of amides is 2. The van der Waals surface area contributed by atoms with Gasteiger partial charge in [0.05, 0.1) is 11.5 Å². The monoisotopic (exact) mass is 358 g/mol. The van der Waals surface area contributed by atoms with Crippen LogP contribution >= 0.6 is 0 Å². The summed E-state index contributed by atoms with van der Waals surface area (Å²) < 4.78 is 0. The van der Waals surface area contributed by atoms with E-state index in [1.165, 1.54) is 18.2 Å². The largest absolute Gasteiger partial charge is 0.352 e. The highest BCUT2D eigenvalue weighted by Crippen LogP contribution is 2.18. The zero-order chi connectivity index (χ0) is 18.5. The summed E-state index contributed by atoms with van der Waals surface area (Å²) in [6, 6.07) is 6.41. The number of nitrogens with one attached hydrogen (secondary N) is 1. The van der Waals surface area contributed by atoms with Crippen molar-refractivity contribution in [3.63, 3.8) is 0 Å². The number of benzene rings is 1. The molecule has 1 heterocycles. The third-order valence-electron chi connectivity index (χ3n) is 4.52. The van der Waals surface area contributed by atoms with Crippen LogP contribution in [0.3, 0.4) is 0 Å². The quantitative estimate of drug-likeness (QED) is 0.465. The van der Waals surface area contributed by atoms with Crippen molar-refractivity contribution >= 4 is 23.6 Å². The van der Waals surface area contributed by atoms with E-state index < -0.39 is 4.92 Å². The third-order valence-corrected chi connectivity index (χ3v) is 4.52. The maximum absolute atomic E-state index is 12.3. The number of nitro groups is 1. The summed E-state index contributed by atoms with van der Waals surface area (Å²) in [5.41, 5.74) is 0.759.